The van der Waals surface area contributed by atoms with Crippen molar-refractivity contribution < 1.29 is 19.5 Å². The molecule has 4 heterocycles. The van der Waals surface area contributed by atoms with E-state index < -0.39 is 0 Å². The van der Waals surface area contributed by atoms with Crippen LogP contribution < -0.4 is 5.32 Å². The van der Waals surface area contributed by atoms with Crippen molar-refractivity contribution in [2.24, 2.45) is 17.0 Å². The number of benzene rings is 1. The minimum absolute atomic E-state index is 0.0495. The van der Waals surface area contributed by atoms with Gasteiger partial charge in [-0.2, -0.15) is 0 Å². The molecule has 9 nitrogen and oxygen atoms in total. The van der Waals surface area contributed by atoms with Gasteiger partial charge < -0.3 is 25.1 Å². The third-order valence-corrected chi connectivity index (χ3v) is 10.5. The molecule has 5 fully saturated rings. The fourth-order valence-electron chi connectivity index (χ4n) is 8.46. The summed E-state index contributed by atoms with van der Waals surface area (Å²) in [6.45, 7) is 8.62. The Balaban J connectivity index is 1.12. The number of fused-ring (bicyclic) bond motifs is 2. The third-order valence-electron chi connectivity index (χ3n) is 10.5. The number of nitrogens with zero attached hydrogens (tertiary/aromatic N) is 4. The maximum absolute atomic E-state index is 13.8. The van der Waals surface area contributed by atoms with Crippen molar-refractivity contribution >= 4 is 17.6 Å². The van der Waals surface area contributed by atoms with Gasteiger partial charge in [0, 0.05) is 69.7 Å². The Labute approximate surface area is 244 Å². The minimum atomic E-state index is -0.107. The molecule has 1 aliphatic carbocycles. The lowest BCUT2D eigenvalue weighted by atomic mass is 9.81. The second-order valence-electron chi connectivity index (χ2n) is 13.5. The fourth-order valence-corrected chi connectivity index (χ4v) is 8.46. The third kappa shape index (κ3) is 5.72. The van der Waals surface area contributed by atoms with Crippen LogP contribution in [-0.2, 0) is 9.53 Å². The van der Waals surface area contributed by atoms with E-state index in [9.17, 15) is 9.59 Å². The van der Waals surface area contributed by atoms with E-state index in [-0.39, 0.29) is 35.5 Å². The highest BCUT2D eigenvalue weighted by Crippen LogP contribution is 2.48. The predicted molar refractivity (Wildman–Crippen MR) is 157 cm³/mol. The number of carbonyl (C=O) groups excluding carboxylic acids is 2. The lowest BCUT2D eigenvalue weighted by Crippen LogP contribution is -2.60. The van der Waals surface area contributed by atoms with Crippen LogP contribution in [0, 0.1) is 11.8 Å². The molecule has 6 rings (SSSR count). The number of hydrogen-bond donors (Lipinski definition) is 2. The molecule has 1 aromatic rings. The summed E-state index contributed by atoms with van der Waals surface area (Å²) in [4.78, 5) is 33.9. The van der Waals surface area contributed by atoms with Crippen molar-refractivity contribution in [3.05, 3.63) is 35.9 Å². The highest BCUT2D eigenvalue weighted by molar-refractivity contribution is 5.99. The molecule has 0 radical (unpaired) electrons. The largest absolute Gasteiger partial charge is 0.411 e. The Morgan fingerprint density at radius 3 is 2.41 bits per heavy atom. The summed E-state index contributed by atoms with van der Waals surface area (Å²) in [5.74, 6) is 0.485. The van der Waals surface area contributed by atoms with Crippen molar-refractivity contribution in [1.82, 2.24) is 20.0 Å². The smallest absolute Gasteiger partial charge is 0.320 e. The van der Waals surface area contributed by atoms with Gasteiger partial charge in [0.25, 0.3) is 0 Å². The SMILES string of the molecule is CC(C)N1C(=O)N(CC2CCOCC2)CC12CC1CCC(C2)N1CC[C@H](NC(=O)C1CC(=NO)C1)c1ccccc1. The van der Waals surface area contributed by atoms with E-state index >= 15 is 0 Å². The summed E-state index contributed by atoms with van der Waals surface area (Å²) in [5.41, 5.74) is 1.75. The first-order chi connectivity index (χ1) is 19.9. The topological polar surface area (TPSA) is 97.7 Å². The monoisotopic (exact) mass is 565 g/mol. The lowest BCUT2D eigenvalue weighted by molar-refractivity contribution is -0.126. The minimum Gasteiger partial charge on any atom is -0.411 e. The number of rotatable bonds is 9. The van der Waals surface area contributed by atoms with E-state index in [0.717, 1.165) is 70.5 Å². The van der Waals surface area contributed by atoms with E-state index in [1.165, 1.54) is 12.8 Å². The van der Waals surface area contributed by atoms with Crippen molar-refractivity contribution in [3.8, 4) is 0 Å². The number of ether oxygens (including phenoxy) is 1. The molecule has 0 aromatic heterocycles. The summed E-state index contributed by atoms with van der Waals surface area (Å²) >= 11 is 0. The van der Waals surface area contributed by atoms with Gasteiger partial charge in [-0.1, -0.05) is 35.5 Å². The molecular formula is C32H47N5O4. The van der Waals surface area contributed by atoms with E-state index in [2.05, 4.69) is 51.2 Å². The molecule has 1 spiro atoms. The summed E-state index contributed by atoms with van der Waals surface area (Å²) in [6.07, 6.45) is 8.46. The fraction of sp³-hybridized carbons (Fsp3) is 0.719. The van der Waals surface area contributed by atoms with Crippen molar-refractivity contribution in [1.29, 1.82) is 0 Å². The number of nitrogens with one attached hydrogen (secondary N) is 1. The average molecular weight is 566 g/mol. The number of hydrogen-bond acceptors (Lipinski definition) is 6. The summed E-state index contributed by atoms with van der Waals surface area (Å²) in [7, 11) is 0. The van der Waals surface area contributed by atoms with Gasteiger partial charge in [0.1, 0.15) is 0 Å². The van der Waals surface area contributed by atoms with Gasteiger partial charge >= 0.3 is 6.03 Å². The van der Waals surface area contributed by atoms with Crippen LogP contribution in [0.5, 0.6) is 0 Å². The molecular weight excluding hydrogens is 518 g/mol. The van der Waals surface area contributed by atoms with E-state index in [0.29, 0.717) is 36.6 Å². The molecule has 1 saturated carbocycles. The Bertz CT molecular complexity index is 1100. The number of carbonyl (C=O) groups is 2. The molecule has 3 atom stereocenters. The van der Waals surface area contributed by atoms with Crippen molar-refractivity contribution in [2.75, 3.05) is 32.8 Å². The number of oxime groups is 1. The zero-order valence-electron chi connectivity index (χ0n) is 24.7. The van der Waals surface area contributed by atoms with Crippen LogP contribution in [0.15, 0.2) is 35.5 Å². The van der Waals surface area contributed by atoms with Gasteiger partial charge in [0.2, 0.25) is 5.91 Å². The molecule has 41 heavy (non-hydrogen) atoms. The van der Waals surface area contributed by atoms with Gasteiger partial charge in [-0.05, 0) is 70.3 Å². The molecule has 224 valence electrons. The second-order valence-corrected chi connectivity index (χ2v) is 13.5. The van der Waals surface area contributed by atoms with Crippen LogP contribution in [0.25, 0.3) is 0 Å². The summed E-state index contributed by atoms with van der Waals surface area (Å²) < 4.78 is 5.57. The zero-order valence-corrected chi connectivity index (χ0v) is 24.7. The maximum Gasteiger partial charge on any atom is 0.320 e. The summed E-state index contributed by atoms with van der Waals surface area (Å²) in [5, 5.41) is 15.6. The predicted octanol–water partition coefficient (Wildman–Crippen LogP) is 4.41. The first kappa shape index (κ1) is 28.5. The van der Waals surface area contributed by atoms with E-state index in [4.69, 9.17) is 9.94 Å². The quantitative estimate of drug-likeness (QED) is 0.342. The highest BCUT2D eigenvalue weighted by atomic mass is 16.5. The van der Waals surface area contributed by atoms with Crippen molar-refractivity contribution in [2.45, 2.75) is 101 Å². The Morgan fingerprint density at radius 2 is 1.78 bits per heavy atom. The molecule has 1 aromatic carbocycles. The molecule has 4 saturated heterocycles. The first-order valence-corrected chi connectivity index (χ1v) is 15.8. The Morgan fingerprint density at radius 1 is 1.10 bits per heavy atom. The van der Waals surface area contributed by atoms with Gasteiger partial charge in [0.05, 0.1) is 17.3 Å². The number of urea groups is 1. The van der Waals surface area contributed by atoms with Gasteiger partial charge in [0.15, 0.2) is 0 Å². The van der Waals surface area contributed by atoms with Crippen LogP contribution in [0.3, 0.4) is 0 Å². The van der Waals surface area contributed by atoms with E-state index in [1.807, 2.05) is 18.2 Å². The molecule has 3 amide bonds. The molecule has 2 bridgehead atoms. The van der Waals surface area contributed by atoms with Crippen LogP contribution in [0.1, 0.15) is 83.2 Å². The molecule has 9 heteroatoms. The molecule has 2 N–H and O–H groups in total. The maximum atomic E-state index is 13.8. The van der Waals surface area contributed by atoms with Crippen LogP contribution in [-0.4, -0.2) is 94.1 Å². The summed E-state index contributed by atoms with van der Waals surface area (Å²) in [6, 6.07) is 11.6. The van der Waals surface area contributed by atoms with Crippen LogP contribution in [0.2, 0.25) is 0 Å². The Kier molecular flexibility index (Phi) is 8.28. The van der Waals surface area contributed by atoms with Crippen molar-refractivity contribution in [3.63, 3.8) is 0 Å². The molecule has 5 aliphatic rings. The first-order valence-electron chi connectivity index (χ1n) is 15.8. The van der Waals surface area contributed by atoms with Gasteiger partial charge in [-0.15, -0.1) is 0 Å². The second kappa shape index (κ2) is 11.9. The zero-order chi connectivity index (χ0) is 28.6. The number of piperidine rings is 1. The van der Waals surface area contributed by atoms with Crippen LogP contribution in [0.4, 0.5) is 4.79 Å². The van der Waals surface area contributed by atoms with E-state index in [1.54, 1.807) is 0 Å². The van der Waals surface area contributed by atoms with Crippen LogP contribution >= 0.6 is 0 Å². The standard InChI is InChI=1S/C32H47N5O4/c1-22(2)37-31(39)35(20-23-11-14-41-15-12-23)21-32(37)18-27-8-9-28(19-32)36(27)13-10-29(24-6-4-3-5-7-24)33-30(38)25-16-26(17-25)34-40/h3-7,22-23,25,27-29,40H,8-21H2,1-2H3,(H,33,38)/t25?,27?,28?,29-,32?/m0/s1. The Hall–Kier alpha value is -2.65. The molecule has 4 aliphatic heterocycles. The average Bonchev–Trinajstić information content (AvgIpc) is 3.35. The lowest BCUT2D eigenvalue weighted by Gasteiger charge is -2.49. The van der Waals surface area contributed by atoms with Gasteiger partial charge in [-0.3, -0.25) is 9.69 Å². The highest BCUT2D eigenvalue weighted by Gasteiger charge is 2.57. The molecule has 2 unspecified atom stereocenters. The van der Waals surface area contributed by atoms with Gasteiger partial charge in [-0.25, -0.2) is 4.79 Å². The number of amides is 3. The normalized spacial score (nSPS) is 31.1.